The minimum atomic E-state index is 0.207. The van der Waals surface area contributed by atoms with E-state index >= 15 is 0 Å². The Morgan fingerprint density at radius 2 is 1.38 bits per heavy atom. The Hall–Kier alpha value is -0.0800. The first-order valence-corrected chi connectivity index (χ1v) is 5.13. The smallest absolute Gasteiger partial charge is 0.0169 e. The fourth-order valence-electron chi connectivity index (χ4n) is 1.25. The third kappa shape index (κ3) is 9.84. The lowest BCUT2D eigenvalue weighted by atomic mass is 10.1. The van der Waals surface area contributed by atoms with E-state index in [1.165, 1.54) is 0 Å². The van der Waals surface area contributed by atoms with Crippen LogP contribution in [0.3, 0.4) is 0 Å². The molecule has 2 nitrogen and oxygen atoms in total. The summed E-state index contributed by atoms with van der Waals surface area (Å²) < 4.78 is 0. The fourth-order valence-corrected chi connectivity index (χ4v) is 1.25. The van der Waals surface area contributed by atoms with Crippen molar-refractivity contribution in [2.24, 2.45) is 0 Å². The van der Waals surface area contributed by atoms with Crippen LogP contribution >= 0.6 is 0 Å². The van der Waals surface area contributed by atoms with E-state index < -0.39 is 0 Å². The standard InChI is InChI=1S/C11H26N2/c1-9(13-11(5,6)7)8-12-10(2,3)4/h9,12-13H,8H2,1-7H3. The van der Waals surface area contributed by atoms with Crippen molar-refractivity contribution in [2.75, 3.05) is 6.54 Å². The van der Waals surface area contributed by atoms with Crippen LogP contribution in [-0.2, 0) is 0 Å². The zero-order valence-corrected chi connectivity index (χ0v) is 10.3. The average molecular weight is 186 g/mol. The normalized spacial score (nSPS) is 15.9. The number of nitrogens with one attached hydrogen (secondary N) is 2. The second-order valence-electron chi connectivity index (χ2n) is 5.93. The molecule has 0 rings (SSSR count). The lowest BCUT2D eigenvalue weighted by Crippen LogP contribution is -2.50. The SMILES string of the molecule is CC(CNC(C)(C)C)NC(C)(C)C. The molecule has 0 aliphatic carbocycles. The van der Waals surface area contributed by atoms with Gasteiger partial charge in [0.1, 0.15) is 0 Å². The van der Waals surface area contributed by atoms with Gasteiger partial charge in [0.15, 0.2) is 0 Å². The Morgan fingerprint density at radius 1 is 0.923 bits per heavy atom. The topological polar surface area (TPSA) is 24.1 Å². The first-order chi connectivity index (χ1) is 5.60. The highest BCUT2D eigenvalue weighted by Crippen LogP contribution is 2.02. The molecule has 0 radical (unpaired) electrons. The maximum Gasteiger partial charge on any atom is 0.0169 e. The molecule has 13 heavy (non-hydrogen) atoms. The van der Waals surface area contributed by atoms with Crippen LogP contribution in [0.5, 0.6) is 0 Å². The maximum atomic E-state index is 3.53. The predicted molar refractivity (Wildman–Crippen MR) is 60.1 cm³/mol. The van der Waals surface area contributed by atoms with Gasteiger partial charge >= 0.3 is 0 Å². The Balaban J connectivity index is 3.70. The second kappa shape index (κ2) is 4.43. The van der Waals surface area contributed by atoms with Crippen LogP contribution in [0.1, 0.15) is 48.5 Å². The van der Waals surface area contributed by atoms with Gasteiger partial charge in [-0.1, -0.05) is 0 Å². The van der Waals surface area contributed by atoms with Gasteiger partial charge in [-0.25, -0.2) is 0 Å². The monoisotopic (exact) mass is 186 g/mol. The summed E-state index contributed by atoms with van der Waals surface area (Å²) in [4.78, 5) is 0. The van der Waals surface area contributed by atoms with Crippen LogP contribution in [0.4, 0.5) is 0 Å². The van der Waals surface area contributed by atoms with Crippen molar-refractivity contribution >= 4 is 0 Å². The first-order valence-electron chi connectivity index (χ1n) is 5.13. The summed E-state index contributed by atoms with van der Waals surface area (Å²) in [5, 5.41) is 7.01. The summed E-state index contributed by atoms with van der Waals surface area (Å²) in [5.41, 5.74) is 0.423. The molecule has 1 atom stereocenters. The van der Waals surface area contributed by atoms with Gasteiger partial charge in [0.2, 0.25) is 0 Å². The summed E-state index contributed by atoms with van der Waals surface area (Å²) in [7, 11) is 0. The van der Waals surface area contributed by atoms with E-state index in [1.807, 2.05) is 0 Å². The zero-order valence-electron chi connectivity index (χ0n) is 10.3. The molecular weight excluding hydrogens is 160 g/mol. The molecule has 0 bridgehead atoms. The quantitative estimate of drug-likeness (QED) is 0.706. The Labute approximate surface area is 83.5 Å². The van der Waals surface area contributed by atoms with Crippen molar-refractivity contribution < 1.29 is 0 Å². The molecule has 0 aromatic carbocycles. The van der Waals surface area contributed by atoms with Crippen LogP contribution < -0.4 is 10.6 Å². The average Bonchev–Trinajstić information content (AvgIpc) is 1.78. The van der Waals surface area contributed by atoms with Gasteiger partial charge in [0.25, 0.3) is 0 Å². The van der Waals surface area contributed by atoms with E-state index in [9.17, 15) is 0 Å². The fraction of sp³-hybridized carbons (Fsp3) is 1.00. The minimum absolute atomic E-state index is 0.207. The van der Waals surface area contributed by atoms with E-state index in [2.05, 4.69) is 59.1 Å². The summed E-state index contributed by atoms with van der Waals surface area (Å²) in [6.45, 7) is 16.4. The van der Waals surface area contributed by atoms with Gasteiger partial charge in [0.05, 0.1) is 0 Å². The molecule has 0 aliphatic heterocycles. The minimum Gasteiger partial charge on any atom is -0.311 e. The Morgan fingerprint density at radius 3 is 1.69 bits per heavy atom. The highest BCUT2D eigenvalue weighted by Gasteiger charge is 2.15. The van der Waals surface area contributed by atoms with Crippen molar-refractivity contribution in [1.29, 1.82) is 0 Å². The summed E-state index contributed by atoms with van der Waals surface area (Å²) in [6, 6.07) is 0.513. The van der Waals surface area contributed by atoms with E-state index in [-0.39, 0.29) is 11.1 Å². The van der Waals surface area contributed by atoms with Crippen molar-refractivity contribution in [3.05, 3.63) is 0 Å². The molecule has 0 saturated carbocycles. The maximum absolute atomic E-state index is 3.53. The number of hydrogen-bond donors (Lipinski definition) is 2. The van der Waals surface area contributed by atoms with Gasteiger partial charge in [-0.05, 0) is 48.5 Å². The molecule has 0 spiro atoms. The molecule has 0 heterocycles. The van der Waals surface area contributed by atoms with E-state index in [4.69, 9.17) is 0 Å². The highest BCUT2D eigenvalue weighted by atomic mass is 15.0. The Kier molecular flexibility index (Phi) is 4.40. The summed E-state index contributed by atoms with van der Waals surface area (Å²) >= 11 is 0. The van der Waals surface area contributed by atoms with Gasteiger partial charge in [-0.15, -0.1) is 0 Å². The van der Waals surface area contributed by atoms with Crippen molar-refractivity contribution in [2.45, 2.75) is 65.6 Å². The summed E-state index contributed by atoms with van der Waals surface area (Å²) in [6.07, 6.45) is 0. The lowest BCUT2D eigenvalue weighted by molar-refractivity contribution is 0.330. The molecule has 0 saturated heterocycles. The van der Waals surface area contributed by atoms with Crippen LogP contribution in [0, 0.1) is 0 Å². The molecule has 0 aromatic rings. The molecule has 0 aromatic heterocycles. The predicted octanol–water partition coefficient (Wildman–Crippen LogP) is 2.15. The molecule has 2 N–H and O–H groups in total. The molecule has 1 unspecified atom stereocenters. The Bertz CT molecular complexity index is 139. The summed E-state index contributed by atoms with van der Waals surface area (Å²) in [5.74, 6) is 0. The van der Waals surface area contributed by atoms with Crippen molar-refractivity contribution in [1.82, 2.24) is 10.6 Å². The molecular formula is C11H26N2. The first kappa shape index (κ1) is 12.9. The van der Waals surface area contributed by atoms with Gasteiger partial charge < -0.3 is 10.6 Å². The zero-order chi connectivity index (χ0) is 10.7. The van der Waals surface area contributed by atoms with E-state index in [0.29, 0.717) is 6.04 Å². The van der Waals surface area contributed by atoms with Gasteiger partial charge in [-0.3, -0.25) is 0 Å². The highest BCUT2D eigenvalue weighted by molar-refractivity contribution is 4.79. The van der Waals surface area contributed by atoms with Crippen LogP contribution in [0.25, 0.3) is 0 Å². The molecule has 0 fully saturated rings. The van der Waals surface area contributed by atoms with Crippen LogP contribution in [0.15, 0.2) is 0 Å². The third-order valence-corrected chi connectivity index (χ3v) is 1.62. The van der Waals surface area contributed by atoms with Crippen molar-refractivity contribution in [3.8, 4) is 0 Å². The van der Waals surface area contributed by atoms with Crippen molar-refractivity contribution in [3.63, 3.8) is 0 Å². The molecule has 0 amide bonds. The largest absolute Gasteiger partial charge is 0.311 e. The van der Waals surface area contributed by atoms with Gasteiger partial charge in [0, 0.05) is 23.7 Å². The molecule has 0 aliphatic rings. The molecule has 80 valence electrons. The van der Waals surface area contributed by atoms with E-state index in [0.717, 1.165) is 6.54 Å². The second-order valence-corrected chi connectivity index (χ2v) is 5.93. The number of hydrogen-bond acceptors (Lipinski definition) is 2. The third-order valence-electron chi connectivity index (χ3n) is 1.62. The lowest BCUT2D eigenvalue weighted by Gasteiger charge is -2.29. The van der Waals surface area contributed by atoms with E-state index in [1.54, 1.807) is 0 Å². The number of rotatable bonds is 3. The van der Waals surface area contributed by atoms with Crippen LogP contribution in [-0.4, -0.2) is 23.7 Å². The van der Waals surface area contributed by atoms with Crippen LogP contribution in [0.2, 0.25) is 0 Å². The molecule has 2 heteroatoms. The van der Waals surface area contributed by atoms with Gasteiger partial charge in [-0.2, -0.15) is 0 Å².